The zero-order valence-corrected chi connectivity index (χ0v) is 18.5. The van der Waals surface area contributed by atoms with Crippen LogP contribution in [0.15, 0.2) is 67.0 Å². The van der Waals surface area contributed by atoms with E-state index in [0.717, 1.165) is 16.8 Å². The molecule has 1 fully saturated rings. The van der Waals surface area contributed by atoms with Crippen LogP contribution in [0.3, 0.4) is 0 Å². The smallest absolute Gasteiger partial charge is 0.274 e. The van der Waals surface area contributed by atoms with Crippen LogP contribution in [0.25, 0.3) is 0 Å². The Morgan fingerprint density at radius 1 is 1.00 bits per heavy atom. The highest BCUT2D eigenvalue weighted by Crippen LogP contribution is 2.28. The molecule has 0 saturated carbocycles. The van der Waals surface area contributed by atoms with E-state index in [4.69, 9.17) is 4.74 Å². The van der Waals surface area contributed by atoms with Crippen molar-refractivity contribution in [1.29, 1.82) is 0 Å². The summed E-state index contributed by atoms with van der Waals surface area (Å²) >= 11 is 0. The van der Waals surface area contributed by atoms with Crippen LogP contribution in [0.4, 0.5) is 0 Å². The molecule has 1 atom stereocenters. The Bertz CT molecular complexity index is 1110. The number of carbonyl (C=O) groups excluding carboxylic acids is 2. The average Bonchev–Trinajstić information content (AvgIpc) is 3.31. The van der Waals surface area contributed by atoms with E-state index in [1.54, 1.807) is 6.33 Å². The van der Waals surface area contributed by atoms with Gasteiger partial charge in [-0.05, 0) is 24.0 Å². The second-order valence-electron chi connectivity index (χ2n) is 8.67. The number of hydrogen-bond donors (Lipinski definition) is 1. The first kappa shape index (κ1) is 21.4. The maximum Gasteiger partial charge on any atom is 0.274 e. The third kappa shape index (κ3) is 4.68. The number of rotatable bonds is 5. The summed E-state index contributed by atoms with van der Waals surface area (Å²) in [6.07, 6.45) is 3.02. The molecular weight excluding hydrogens is 416 g/mol. The second-order valence-corrected chi connectivity index (χ2v) is 8.67. The normalized spacial score (nSPS) is 18.5. The average molecular weight is 445 g/mol. The van der Waals surface area contributed by atoms with Gasteiger partial charge in [-0.3, -0.25) is 9.59 Å². The fourth-order valence-corrected chi connectivity index (χ4v) is 4.60. The van der Waals surface area contributed by atoms with E-state index in [2.05, 4.69) is 22.4 Å². The first-order valence-electron chi connectivity index (χ1n) is 11.5. The molecule has 1 aromatic heterocycles. The quantitative estimate of drug-likeness (QED) is 0.655. The summed E-state index contributed by atoms with van der Waals surface area (Å²) in [5, 5.41) is 3.02. The van der Waals surface area contributed by atoms with Gasteiger partial charge in [0.15, 0.2) is 5.69 Å². The number of ether oxygens (including phenoxy) is 1. The van der Waals surface area contributed by atoms with Gasteiger partial charge in [0, 0.05) is 25.6 Å². The number of amides is 2. The zero-order valence-electron chi connectivity index (χ0n) is 18.5. The number of benzene rings is 2. The fraction of sp³-hybridized carbons (Fsp3) is 0.346. The van der Waals surface area contributed by atoms with Gasteiger partial charge < -0.3 is 19.5 Å². The Kier molecular flexibility index (Phi) is 6.21. The molecular formula is C26H28N4O3. The third-order valence-corrected chi connectivity index (χ3v) is 6.57. The van der Waals surface area contributed by atoms with Crippen LogP contribution in [0.2, 0.25) is 0 Å². The Morgan fingerprint density at radius 2 is 1.70 bits per heavy atom. The minimum Gasteiger partial charge on any atom is -0.365 e. The van der Waals surface area contributed by atoms with Gasteiger partial charge in [-0.15, -0.1) is 0 Å². The number of nitrogens with zero attached hydrogens (tertiary/aromatic N) is 3. The van der Waals surface area contributed by atoms with Crippen molar-refractivity contribution in [3.05, 3.63) is 89.5 Å². The lowest BCUT2D eigenvalue weighted by Crippen LogP contribution is -2.43. The Morgan fingerprint density at radius 3 is 2.42 bits per heavy atom. The number of aromatic nitrogens is 2. The molecule has 33 heavy (non-hydrogen) atoms. The van der Waals surface area contributed by atoms with E-state index in [9.17, 15) is 9.59 Å². The molecule has 1 unspecified atom stereocenters. The molecule has 3 heterocycles. The van der Waals surface area contributed by atoms with Crippen molar-refractivity contribution in [3.8, 4) is 0 Å². The Balaban J connectivity index is 1.16. The van der Waals surface area contributed by atoms with Gasteiger partial charge in [0.1, 0.15) is 6.10 Å². The molecule has 7 nitrogen and oxygen atoms in total. The predicted octanol–water partition coefficient (Wildman–Crippen LogP) is 3.32. The van der Waals surface area contributed by atoms with E-state index in [1.807, 2.05) is 58.0 Å². The van der Waals surface area contributed by atoms with Crippen LogP contribution in [-0.4, -0.2) is 39.4 Å². The van der Waals surface area contributed by atoms with Gasteiger partial charge in [-0.1, -0.05) is 60.7 Å². The van der Waals surface area contributed by atoms with Crippen molar-refractivity contribution in [2.75, 3.05) is 13.1 Å². The molecule has 170 valence electrons. The third-order valence-electron chi connectivity index (χ3n) is 6.57. The molecule has 0 aliphatic carbocycles. The maximum atomic E-state index is 13.2. The van der Waals surface area contributed by atoms with E-state index < -0.39 is 0 Å². The maximum absolute atomic E-state index is 13.2. The molecule has 2 aliphatic heterocycles. The topological polar surface area (TPSA) is 76.5 Å². The summed E-state index contributed by atoms with van der Waals surface area (Å²) in [6, 6.07) is 20.0. The molecule has 1 N–H and O–H groups in total. The van der Waals surface area contributed by atoms with Crippen molar-refractivity contribution >= 4 is 11.8 Å². The van der Waals surface area contributed by atoms with Gasteiger partial charge in [-0.25, -0.2) is 4.98 Å². The molecule has 7 heteroatoms. The molecule has 1 saturated heterocycles. The highest BCUT2D eigenvalue weighted by atomic mass is 16.5. The highest BCUT2D eigenvalue weighted by molar-refractivity contribution is 5.93. The molecule has 5 rings (SSSR count). The lowest BCUT2D eigenvalue weighted by atomic mass is 9.95. The van der Waals surface area contributed by atoms with Gasteiger partial charge >= 0.3 is 0 Å². The number of likely N-dealkylation sites (tertiary alicyclic amines) is 1. The summed E-state index contributed by atoms with van der Waals surface area (Å²) in [7, 11) is 0. The largest absolute Gasteiger partial charge is 0.365 e. The molecule has 0 spiro atoms. The first-order valence-corrected chi connectivity index (χ1v) is 11.5. The Hall–Kier alpha value is -3.45. The molecule has 2 aromatic carbocycles. The Labute approximate surface area is 193 Å². The van der Waals surface area contributed by atoms with E-state index in [0.29, 0.717) is 51.3 Å². The van der Waals surface area contributed by atoms with E-state index >= 15 is 0 Å². The summed E-state index contributed by atoms with van der Waals surface area (Å²) < 4.78 is 8.08. The van der Waals surface area contributed by atoms with Crippen molar-refractivity contribution in [2.24, 2.45) is 5.92 Å². The van der Waals surface area contributed by atoms with Crippen molar-refractivity contribution in [2.45, 2.75) is 38.6 Å². The number of fused-ring (bicyclic) bond motifs is 1. The summed E-state index contributed by atoms with van der Waals surface area (Å²) in [6.45, 7) is 2.65. The highest BCUT2D eigenvalue weighted by Gasteiger charge is 2.32. The van der Waals surface area contributed by atoms with Crippen LogP contribution in [-0.2, 0) is 29.2 Å². The molecule has 0 bridgehead atoms. The number of hydrogen-bond acceptors (Lipinski definition) is 4. The zero-order chi connectivity index (χ0) is 22.6. The van der Waals surface area contributed by atoms with Crippen molar-refractivity contribution in [3.63, 3.8) is 0 Å². The van der Waals surface area contributed by atoms with Crippen molar-refractivity contribution < 1.29 is 14.3 Å². The van der Waals surface area contributed by atoms with Gasteiger partial charge in [0.2, 0.25) is 5.91 Å². The molecule has 2 aliphatic rings. The van der Waals surface area contributed by atoms with Crippen LogP contribution in [0.1, 0.15) is 46.3 Å². The monoisotopic (exact) mass is 444 g/mol. The van der Waals surface area contributed by atoms with Crippen LogP contribution in [0.5, 0.6) is 0 Å². The van der Waals surface area contributed by atoms with Gasteiger partial charge in [0.25, 0.3) is 5.91 Å². The molecule has 0 radical (unpaired) electrons. The first-order chi connectivity index (χ1) is 16.2. The lowest BCUT2D eigenvalue weighted by molar-refractivity contribution is -0.126. The number of carbonyl (C=O) groups is 2. The van der Waals surface area contributed by atoms with Gasteiger partial charge in [-0.2, -0.15) is 0 Å². The van der Waals surface area contributed by atoms with E-state index in [1.165, 1.54) is 0 Å². The predicted molar refractivity (Wildman–Crippen MR) is 123 cm³/mol. The van der Waals surface area contributed by atoms with E-state index in [-0.39, 0.29) is 23.8 Å². The van der Waals surface area contributed by atoms with Crippen LogP contribution < -0.4 is 5.32 Å². The van der Waals surface area contributed by atoms with Gasteiger partial charge in [0.05, 0.1) is 25.2 Å². The number of piperidine rings is 1. The van der Waals surface area contributed by atoms with Crippen molar-refractivity contribution in [1.82, 2.24) is 19.8 Å². The molecule has 3 aromatic rings. The summed E-state index contributed by atoms with van der Waals surface area (Å²) in [5.74, 6) is -0.0806. The fourth-order valence-electron chi connectivity index (χ4n) is 4.60. The SMILES string of the molecule is O=C(NCc1ccccc1)C1CCN(C(=O)c2ncn3c2COC(c2ccccc2)C3)CC1. The molecule has 2 amide bonds. The second kappa shape index (κ2) is 9.58. The number of imidazole rings is 1. The standard InChI is InChI=1S/C26H28N4O3/c31-25(27-15-19-7-3-1-4-8-19)21-11-13-29(14-12-21)26(32)24-22-17-33-23(16-30(22)18-28-24)20-9-5-2-6-10-20/h1-10,18,21,23H,11-17H2,(H,27,31). The summed E-state index contributed by atoms with van der Waals surface area (Å²) in [5.41, 5.74) is 3.50. The summed E-state index contributed by atoms with van der Waals surface area (Å²) in [4.78, 5) is 32.0. The van der Waals surface area contributed by atoms with Crippen LogP contribution >= 0.6 is 0 Å². The van der Waals surface area contributed by atoms with Crippen LogP contribution in [0, 0.1) is 5.92 Å². The minimum absolute atomic E-state index is 0.0407. The minimum atomic E-state index is -0.0753. The lowest BCUT2D eigenvalue weighted by Gasteiger charge is -2.31. The number of nitrogens with one attached hydrogen (secondary N) is 1.